The fourth-order valence-electron chi connectivity index (χ4n) is 0.306. The highest BCUT2D eigenvalue weighted by Crippen LogP contribution is 2.19. The van der Waals surface area contributed by atoms with E-state index in [0.717, 1.165) is 0 Å². The number of rotatable bonds is 3. The Morgan fingerprint density at radius 2 is 1.90 bits per heavy atom. The number of hydrogen-bond acceptors (Lipinski definition) is 0. The van der Waals surface area contributed by atoms with E-state index >= 15 is 0 Å². The van der Waals surface area contributed by atoms with Gasteiger partial charge in [0.05, 0.1) is 5.03 Å². The maximum atomic E-state index is 11.9. The molecule has 0 bridgehead atoms. The van der Waals surface area contributed by atoms with Crippen molar-refractivity contribution in [3.05, 3.63) is 11.1 Å². The van der Waals surface area contributed by atoms with E-state index in [1.807, 2.05) is 0 Å². The van der Waals surface area contributed by atoms with Gasteiger partial charge >= 0.3 is 0 Å². The Morgan fingerprint density at radius 1 is 1.40 bits per heavy atom. The maximum absolute atomic E-state index is 11.9. The summed E-state index contributed by atoms with van der Waals surface area (Å²) in [6.07, 6.45) is 0.0640. The molecule has 0 aromatic heterocycles. The lowest BCUT2D eigenvalue weighted by atomic mass is 10.3. The molecular weight excluding hydrogens is 171 g/mol. The van der Waals surface area contributed by atoms with Gasteiger partial charge < -0.3 is 0 Å². The summed E-state index contributed by atoms with van der Waals surface area (Å²) in [6.45, 7) is -3.06. The van der Waals surface area contributed by atoms with Crippen LogP contribution in [0.5, 0.6) is 0 Å². The van der Waals surface area contributed by atoms with Gasteiger partial charge in [-0.25, -0.2) is 8.78 Å². The number of alkyl halides is 4. The van der Waals surface area contributed by atoms with Crippen molar-refractivity contribution in [2.45, 2.75) is 5.92 Å². The highest BCUT2D eigenvalue weighted by molar-refractivity contribution is 6.29. The van der Waals surface area contributed by atoms with E-state index in [0.29, 0.717) is 0 Å². The predicted molar refractivity (Wildman–Crippen MR) is 30.8 cm³/mol. The lowest BCUT2D eigenvalue weighted by Gasteiger charge is -2.04. The molecule has 0 saturated heterocycles. The molecule has 0 fully saturated rings. The molecule has 0 rings (SSSR count). The Kier molecular flexibility index (Phi) is 3.71. The Hall–Kier alpha value is -0.250. The van der Waals surface area contributed by atoms with Gasteiger partial charge in [-0.1, -0.05) is 11.6 Å². The van der Waals surface area contributed by atoms with Crippen LogP contribution >= 0.6 is 11.6 Å². The van der Waals surface area contributed by atoms with Gasteiger partial charge in [-0.3, -0.25) is 0 Å². The third-order valence-electron chi connectivity index (χ3n) is 0.674. The third-order valence-corrected chi connectivity index (χ3v) is 0.884. The molecule has 0 heterocycles. The second-order valence-electron chi connectivity index (χ2n) is 1.62. The average Bonchev–Trinajstić information content (AvgIpc) is 1.87. The SMILES string of the molecule is FC/C(Cl)=C\C(F)(F)CF. The first-order chi connectivity index (χ1) is 4.52. The minimum absolute atomic E-state index is 0.0640. The van der Waals surface area contributed by atoms with Gasteiger partial charge in [0.2, 0.25) is 0 Å². The predicted octanol–water partition coefficient (Wildman–Crippen LogP) is 2.68. The molecule has 0 unspecified atom stereocenters. The van der Waals surface area contributed by atoms with E-state index in [1.54, 1.807) is 0 Å². The molecule has 0 saturated carbocycles. The van der Waals surface area contributed by atoms with Crippen molar-refractivity contribution in [3.63, 3.8) is 0 Å². The molecule has 60 valence electrons. The van der Waals surface area contributed by atoms with E-state index in [2.05, 4.69) is 0 Å². The molecule has 0 radical (unpaired) electrons. The zero-order chi connectivity index (χ0) is 8.20. The number of allylic oxidation sites excluding steroid dienone is 2. The number of halogens is 5. The monoisotopic (exact) mass is 176 g/mol. The molecule has 0 nitrogen and oxygen atoms in total. The van der Waals surface area contributed by atoms with Gasteiger partial charge in [0.1, 0.15) is 6.67 Å². The Morgan fingerprint density at radius 3 is 2.20 bits per heavy atom. The summed E-state index contributed by atoms with van der Waals surface area (Å²) in [7, 11) is 0. The maximum Gasteiger partial charge on any atom is 0.295 e. The van der Waals surface area contributed by atoms with Gasteiger partial charge in [0.25, 0.3) is 5.92 Å². The summed E-state index contributed by atoms with van der Waals surface area (Å²) in [5.41, 5.74) is 0. The standard InChI is InChI=1S/C5H5ClF4/c6-4(2-7)1-5(9,10)3-8/h1H,2-3H2/b4-1+. The summed E-state index contributed by atoms with van der Waals surface area (Å²) in [4.78, 5) is 0. The van der Waals surface area contributed by atoms with Crippen LogP contribution in [0.4, 0.5) is 17.6 Å². The van der Waals surface area contributed by atoms with Crippen molar-refractivity contribution in [2.75, 3.05) is 13.3 Å². The van der Waals surface area contributed by atoms with E-state index in [9.17, 15) is 17.6 Å². The minimum Gasteiger partial charge on any atom is -0.245 e. The van der Waals surface area contributed by atoms with Crippen LogP contribution in [0.2, 0.25) is 0 Å². The lowest BCUT2D eigenvalue weighted by molar-refractivity contribution is 0.0270. The second-order valence-corrected chi connectivity index (χ2v) is 2.10. The van der Waals surface area contributed by atoms with E-state index < -0.39 is 24.3 Å². The highest BCUT2D eigenvalue weighted by atomic mass is 35.5. The molecule has 0 aliphatic carbocycles. The van der Waals surface area contributed by atoms with Gasteiger partial charge in [0, 0.05) is 6.08 Å². The van der Waals surface area contributed by atoms with Crippen LogP contribution in [0, 0.1) is 0 Å². The van der Waals surface area contributed by atoms with Crippen LogP contribution in [-0.2, 0) is 0 Å². The van der Waals surface area contributed by atoms with Gasteiger partial charge in [-0.15, -0.1) is 0 Å². The largest absolute Gasteiger partial charge is 0.295 e. The molecule has 0 aliphatic rings. The zero-order valence-corrected chi connectivity index (χ0v) is 5.64. The first-order valence-corrected chi connectivity index (χ1v) is 2.76. The first kappa shape index (κ1) is 9.75. The van der Waals surface area contributed by atoms with Crippen molar-refractivity contribution in [1.82, 2.24) is 0 Å². The fraction of sp³-hybridized carbons (Fsp3) is 0.600. The Balaban J connectivity index is 4.09. The molecule has 0 amide bonds. The quantitative estimate of drug-likeness (QED) is 0.580. The van der Waals surface area contributed by atoms with Crippen LogP contribution in [-0.4, -0.2) is 19.3 Å². The Bertz CT molecular complexity index is 132. The van der Waals surface area contributed by atoms with Gasteiger partial charge in [-0.05, 0) is 0 Å². The minimum atomic E-state index is -3.64. The van der Waals surface area contributed by atoms with Crippen molar-refractivity contribution in [1.29, 1.82) is 0 Å². The molecule has 0 spiro atoms. The van der Waals surface area contributed by atoms with Crippen LogP contribution in [0.1, 0.15) is 0 Å². The molecular formula is C5H5ClF4. The molecule has 0 N–H and O–H groups in total. The summed E-state index contributed by atoms with van der Waals surface area (Å²) in [5.74, 6) is -3.64. The highest BCUT2D eigenvalue weighted by Gasteiger charge is 2.25. The average molecular weight is 177 g/mol. The van der Waals surface area contributed by atoms with Crippen molar-refractivity contribution >= 4 is 11.6 Å². The fourth-order valence-corrected chi connectivity index (χ4v) is 0.466. The second kappa shape index (κ2) is 3.81. The van der Waals surface area contributed by atoms with E-state index in [4.69, 9.17) is 11.6 Å². The topological polar surface area (TPSA) is 0 Å². The molecule has 0 atom stereocenters. The zero-order valence-electron chi connectivity index (χ0n) is 4.88. The summed E-state index contributed by atoms with van der Waals surface area (Å²) in [6, 6.07) is 0. The molecule has 0 aliphatic heterocycles. The number of hydrogen-bond donors (Lipinski definition) is 0. The summed E-state index contributed by atoms with van der Waals surface area (Å²) in [5, 5.41) is -0.678. The molecule has 5 heteroatoms. The van der Waals surface area contributed by atoms with Gasteiger partial charge in [-0.2, -0.15) is 8.78 Å². The van der Waals surface area contributed by atoms with E-state index in [1.165, 1.54) is 0 Å². The van der Waals surface area contributed by atoms with Crippen molar-refractivity contribution < 1.29 is 17.6 Å². The van der Waals surface area contributed by atoms with Crippen molar-refractivity contribution in [2.24, 2.45) is 0 Å². The third kappa shape index (κ3) is 3.71. The van der Waals surface area contributed by atoms with Crippen LogP contribution in [0.25, 0.3) is 0 Å². The van der Waals surface area contributed by atoms with E-state index in [-0.39, 0.29) is 6.08 Å². The first-order valence-electron chi connectivity index (χ1n) is 2.39. The van der Waals surface area contributed by atoms with Gasteiger partial charge in [0.15, 0.2) is 6.67 Å². The smallest absolute Gasteiger partial charge is 0.245 e. The summed E-state index contributed by atoms with van der Waals surface area (Å²) >= 11 is 4.87. The van der Waals surface area contributed by atoms with Crippen LogP contribution in [0.3, 0.4) is 0 Å². The Labute approximate surface area is 60.5 Å². The molecule has 0 aromatic rings. The molecule has 10 heavy (non-hydrogen) atoms. The normalized spacial score (nSPS) is 13.9. The lowest BCUT2D eigenvalue weighted by Crippen LogP contribution is -2.15. The summed E-state index contributed by atoms with van der Waals surface area (Å²) < 4.78 is 46.5. The van der Waals surface area contributed by atoms with Crippen LogP contribution < -0.4 is 0 Å². The molecule has 0 aromatic carbocycles. The van der Waals surface area contributed by atoms with Crippen molar-refractivity contribution in [3.8, 4) is 0 Å². The van der Waals surface area contributed by atoms with Crippen LogP contribution in [0.15, 0.2) is 11.1 Å².